The Balaban J connectivity index is 3.69. The fourth-order valence-corrected chi connectivity index (χ4v) is 1.38. The van der Waals surface area contributed by atoms with Crippen molar-refractivity contribution in [3.8, 4) is 0 Å². The molecule has 7 heteroatoms. The third-order valence-corrected chi connectivity index (χ3v) is 3.07. The van der Waals surface area contributed by atoms with Crippen molar-refractivity contribution in [2.75, 3.05) is 19.3 Å². The highest BCUT2D eigenvalue weighted by Gasteiger charge is 2.08. The van der Waals surface area contributed by atoms with Crippen LogP contribution >= 0.6 is 0 Å². The Morgan fingerprint density at radius 3 is 2.27 bits per heavy atom. The normalized spacial score (nSPS) is 11.1. The molecule has 0 aromatic rings. The molecule has 15 heavy (non-hydrogen) atoms. The van der Waals surface area contributed by atoms with Crippen LogP contribution in [0.3, 0.4) is 0 Å². The van der Waals surface area contributed by atoms with E-state index in [2.05, 4.69) is 10.0 Å². The van der Waals surface area contributed by atoms with E-state index in [1.54, 1.807) is 0 Å². The molecule has 0 aliphatic heterocycles. The molecule has 0 saturated carbocycles. The second-order valence-corrected chi connectivity index (χ2v) is 5.12. The predicted molar refractivity (Wildman–Crippen MR) is 55.8 cm³/mol. The second-order valence-electron chi connectivity index (χ2n) is 3.07. The fraction of sp³-hybridized carbons (Fsp3) is 0.750. The average Bonchev–Trinajstić information content (AvgIpc) is 2.14. The Morgan fingerprint density at radius 1 is 1.20 bits per heavy atom. The van der Waals surface area contributed by atoms with Gasteiger partial charge in [-0.1, -0.05) is 0 Å². The lowest BCUT2D eigenvalue weighted by atomic mass is 10.2. The topological polar surface area (TPSA) is 92.3 Å². The van der Waals surface area contributed by atoms with Gasteiger partial charge in [-0.25, -0.2) is 13.1 Å². The minimum Gasteiger partial charge on any atom is -0.355 e. The second kappa shape index (κ2) is 6.52. The standard InChI is InChI=1S/C8H16N2O4S/c1-7(11)3-4-8(12)10-5-6-15(13,14)9-2/h9H,3-6H2,1-2H3,(H,10,12). The van der Waals surface area contributed by atoms with Gasteiger partial charge in [0.1, 0.15) is 5.78 Å². The van der Waals surface area contributed by atoms with Crippen molar-refractivity contribution in [3.05, 3.63) is 0 Å². The zero-order valence-corrected chi connectivity index (χ0v) is 9.69. The number of hydrogen-bond acceptors (Lipinski definition) is 4. The maximum atomic E-state index is 11.0. The van der Waals surface area contributed by atoms with Crippen molar-refractivity contribution in [1.82, 2.24) is 10.0 Å². The van der Waals surface area contributed by atoms with Gasteiger partial charge in [0.05, 0.1) is 5.75 Å². The van der Waals surface area contributed by atoms with Crippen molar-refractivity contribution < 1.29 is 18.0 Å². The average molecular weight is 236 g/mol. The molecular weight excluding hydrogens is 220 g/mol. The van der Waals surface area contributed by atoms with Gasteiger partial charge in [-0.3, -0.25) is 4.79 Å². The summed E-state index contributed by atoms with van der Waals surface area (Å²) < 4.78 is 24.0. The molecule has 2 N–H and O–H groups in total. The Labute approximate surface area is 89.5 Å². The van der Waals surface area contributed by atoms with Gasteiger partial charge < -0.3 is 10.1 Å². The van der Waals surface area contributed by atoms with Crippen LogP contribution in [-0.4, -0.2) is 39.5 Å². The van der Waals surface area contributed by atoms with Crippen LogP contribution in [0.25, 0.3) is 0 Å². The van der Waals surface area contributed by atoms with Gasteiger partial charge in [0, 0.05) is 19.4 Å². The molecule has 0 heterocycles. The van der Waals surface area contributed by atoms with Crippen LogP contribution in [0.1, 0.15) is 19.8 Å². The minimum absolute atomic E-state index is 0.0555. The quantitative estimate of drug-likeness (QED) is 0.594. The summed E-state index contributed by atoms with van der Waals surface area (Å²) in [6.45, 7) is 1.46. The summed E-state index contributed by atoms with van der Waals surface area (Å²) in [7, 11) is -1.97. The molecule has 0 atom stereocenters. The molecule has 88 valence electrons. The number of rotatable bonds is 7. The first kappa shape index (κ1) is 14.1. The van der Waals surface area contributed by atoms with Gasteiger partial charge in [-0.05, 0) is 14.0 Å². The van der Waals surface area contributed by atoms with Gasteiger partial charge >= 0.3 is 0 Å². The van der Waals surface area contributed by atoms with Gasteiger partial charge in [0.15, 0.2) is 0 Å². The van der Waals surface area contributed by atoms with Crippen molar-refractivity contribution in [3.63, 3.8) is 0 Å². The highest BCUT2D eigenvalue weighted by Crippen LogP contribution is 1.90. The summed E-state index contributed by atoms with van der Waals surface area (Å²) in [5.74, 6) is -0.528. The summed E-state index contributed by atoms with van der Waals surface area (Å²) in [5, 5.41) is 2.42. The fourth-order valence-electron chi connectivity index (χ4n) is 0.805. The SMILES string of the molecule is CNS(=O)(=O)CCNC(=O)CCC(C)=O. The van der Waals surface area contributed by atoms with Crippen LogP contribution in [0.2, 0.25) is 0 Å². The van der Waals surface area contributed by atoms with Crippen LogP contribution in [-0.2, 0) is 19.6 Å². The van der Waals surface area contributed by atoms with E-state index >= 15 is 0 Å². The molecule has 0 rings (SSSR count). The lowest BCUT2D eigenvalue weighted by molar-refractivity contribution is -0.124. The number of nitrogens with one attached hydrogen (secondary N) is 2. The number of carbonyl (C=O) groups is 2. The monoisotopic (exact) mass is 236 g/mol. The molecule has 0 fully saturated rings. The molecule has 0 unspecified atom stereocenters. The van der Waals surface area contributed by atoms with E-state index < -0.39 is 10.0 Å². The molecule has 1 amide bonds. The molecule has 0 aromatic heterocycles. The van der Waals surface area contributed by atoms with Crippen LogP contribution < -0.4 is 10.0 Å². The van der Waals surface area contributed by atoms with Crippen molar-refractivity contribution >= 4 is 21.7 Å². The number of carbonyl (C=O) groups excluding carboxylic acids is 2. The zero-order chi connectivity index (χ0) is 11.9. The maximum Gasteiger partial charge on any atom is 0.220 e. The van der Waals surface area contributed by atoms with E-state index in [4.69, 9.17) is 0 Å². The summed E-state index contributed by atoms with van der Waals surface area (Å²) in [6, 6.07) is 0. The number of ketones is 1. The van der Waals surface area contributed by atoms with Crippen LogP contribution in [0, 0.1) is 0 Å². The molecule has 0 radical (unpaired) electrons. The van der Waals surface area contributed by atoms with Crippen molar-refractivity contribution in [2.45, 2.75) is 19.8 Å². The number of Topliss-reactive ketones (excluding diaryl/α,β-unsaturated/α-hetero) is 1. The van der Waals surface area contributed by atoms with Crippen LogP contribution in [0.5, 0.6) is 0 Å². The highest BCUT2D eigenvalue weighted by atomic mass is 32.2. The minimum atomic E-state index is -3.28. The molecule has 6 nitrogen and oxygen atoms in total. The van der Waals surface area contributed by atoms with Gasteiger partial charge in [0.2, 0.25) is 15.9 Å². The smallest absolute Gasteiger partial charge is 0.220 e. The van der Waals surface area contributed by atoms with Gasteiger partial charge in [-0.2, -0.15) is 0 Å². The first-order chi connectivity index (χ1) is 6.87. The summed E-state index contributed by atoms with van der Waals surface area (Å²) in [5.41, 5.74) is 0. The van der Waals surface area contributed by atoms with E-state index in [-0.39, 0.29) is 36.8 Å². The molecule has 0 aromatic carbocycles. The molecular formula is C8H16N2O4S. The Morgan fingerprint density at radius 2 is 1.80 bits per heavy atom. The van der Waals surface area contributed by atoms with Crippen molar-refractivity contribution in [1.29, 1.82) is 0 Å². The Bertz CT molecular complexity index is 324. The van der Waals surface area contributed by atoms with E-state index in [1.165, 1.54) is 14.0 Å². The number of hydrogen-bond donors (Lipinski definition) is 2. The third-order valence-electron chi connectivity index (χ3n) is 1.71. The summed E-state index contributed by atoms with van der Waals surface area (Å²) >= 11 is 0. The van der Waals surface area contributed by atoms with Gasteiger partial charge in [0.25, 0.3) is 0 Å². The third kappa shape index (κ3) is 8.07. The first-order valence-electron chi connectivity index (χ1n) is 4.55. The molecule has 0 aliphatic carbocycles. The lowest BCUT2D eigenvalue weighted by Gasteiger charge is -2.04. The van der Waals surface area contributed by atoms with Gasteiger partial charge in [-0.15, -0.1) is 0 Å². The molecule has 0 spiro atoms. The number of amides is 1. The summed E-state index contributed by atoms with van der Waals surface area (Å²) in [6.07, 6.45) is 0.291. The first-order valence-corrected chi connectivity index (χ1v) is 6.20. The predicted octanol–water partition coefficient (Wildman–Crippen LogP) is -0.979. The largest absolute Gasteiger partial charge is 0.355 e. The Kier molecular flexibility index (Phi) is 6.11. The lowest BCUT2D eigenvalue weighted by Crippen LogP contribution is -2.32. The number of sulfonamides is 1. The maximum absolute atomic E-state index is 11.0. The summed E-state index contributed by atoms with van der Waals surface area (Å²) in [4.78, 5) is 21.6. The van der Waals surface area contributed by atoms with Crippen molar-refractivity contribution in [2.24, 2.45) is 0 Å². The van der Waals surface area contributed by atoms with E-state index in [1.807, 2.05) is 0 Å². The Hall–Kier alpha value is -0.950. The highest BCUT2D eigenvalue weighted by molar-refractivity contribution is 7.89. The van der Waals surface area contributed by atoms with Crippen LogP contribution in [0.4, 0.5) is 0 Å². The molecule has 0 aliphatic rings. The molecule has 0 saturated heterocycles. The van der Waals surface area contributed by atoms with Crippen LogP contribution in [0.15, 0.2) is 0 Å². The molecule has 0 bridgehead atoms. The zero-order valence-electron chi connectivity index (χ0n) is 8.87. The van der Waals surface area contributed by atoms with E-state index in [0.717, 1.165) is 0 Å². The van der Waals surface area contributed by atoms with E-state index in [9.17, 15) is 18.0 Å². The van der Waals surface area contributed by atoms with E-state index in [0.29, 0.717) is 0 Å².